The molecule has 6 nitrogen and oxygen atoms in total. The average Bonchev–Trinajstić information content (AvgIpc) is 2.86. The molecule has 0 fully saturated rings. The van der Waals surface area contributed by atoms with Gasteiger partial charge in [0.2, 0.25) is 5.89 Å². The number of rotatable bonds is 6. The van der Waals surface area contributed by atoms with E-state index in [-0.39, 0.29) is 16.2 Å². The molecule has 0 aliphatic rings. The van der Waals surface area contributed by atoms with Crippen molar-refractivity contribution >= 4 is 35.4 Å². The van der Waals surface area contributed by atoms with Crippen LogP contribution in [0.1, 0.15) is 25.3 Å². The third-order valence-electron chi connectivity index (χ3n) is 2.54. The van der Waals surface area contributed by atoms with Crippen LogP contribution in [0.2, 0.25) is 5.02 Å². The standard InChI is InChI=1S/C15H15ClN2O4S/c1-8(2)21-12-5-4-11(16)6-10(12)7-13(14(19)20)23-15-18-17-9(3)22-15/h4-8H,1-3H3,(H,19,20)/b13-7+. The number of ether oxygens (including phenoxy) is 1. The van der Waals surface area contributed by atoms with Crippen LogP contribution in [0.15, 0.2) is 32.7 Å². The summed E-state index contributed by atoms with van der Waals surface area (Å²) in [4.78, 5) is 11.5. The molecule has 0 aliphatic heterocycles. The number of aryl methyl sites for hydroxylation is 1. The average molecular weight is 355 g/mol. The Morgan fingerprint density at radius 3 is 2.74 bits per heavy atom. The molecule has 0 aliphatic carbocycles. The predicted octanol–water partition coefficient (Wildman–Crippen LogP) is 4.04. The van der Waals surface area contributed by atoms with Crippen molar-refractivity contribution in [3.63, 3.8) is 0 Å². The van der Waals surface area contributed by atoms with Crippen LogP contribution in [0, 0.1) is 6.92 Å². The Labute approximate surface area is 142 Å². The molecule has 0 saturated heterocycles. The number of carbonyl (C=O) groups is 1. The summed E-state index contributed by atoms with van der Waals surface area (Å²) < 4.78 is 10.9. The summed E-state index contributed by atoms with van der Waals surface area (Å²) >= 11 is 6.87. The summed E-state index contributed by atoms with van der Waals surface area (Å²) in [6.07, 6.45) is 1.42. The molecule has 0 radical (unpaired) electrons. The number of thioether (sulfide) groups is 1. The van der Waals surface area contributed by atoms with Crippen molar-refractivity contribution in [3.8, 4) is 5.75 Å². The lowest BCUT2D eigenvalue weighted by Gasteiger charge is -2.13. The Bertz CT molecular complexity index is 743. The van der Waals surface area contributed by atoms with Crippen LogP contribution in [0.5, 0.6) is 5.75 Å². The van der Waals surface area contributed by atoms with Crippen LogP contribution in [-0.2, 0) is 4.79 Å². The first kappa shape index (κ1) is 17.4. The van der Waals surface area contributed by atoms with E-state index in [4.69, 9.17) is 20.8 Å². The normalized spacial score (nSPS) is 11.8. The molecule has 0 atom stereocenters. The van der Waals surface area contributed by atoms with E-state index in [1.165, 1.54) is 6.08 Å². The molecule has 0 bridgehead atoms. The van der Waals surface area contributed by atoms with Gasteiger partial charge in [-0.15, -0.1) is 10.2 Å². The molecule has 122 valence electrons. The minimum atomic E-state index is -1.11. The molecule has 0 amide bonds. The monoisotopic (exact) mass is 354 g/mol. The van der Waals surface area contributed by atoms with Crippen LogP contribution in [0.3, 0.4) is 0 Å². The largest absolute Gasteiger partial charge is 0.490 e. The maximum atomic E-state index is 11.5. The second-order valence-electron chi connectivity index (χ2n) is 4.85. The molecule has 0 spiro atoms. The van der Waals surface area contributed by atoms with E-state index in [1.54, 1.807) is 25.1 Å². The first-order chi connectivity index (χ1) is 10.8. The fourth-order valence-corrected chi connectivity index (χ4v) is 2.57. The van der Waals surface area contributed by atoms with Gasteiger partial charge in [-0.25, -0.2) is 4.79 Å². The van der Waals surface area contributed by atoms with Gasteiger partial charge in [-0.1, -0.05) is 11.6 Å². The van der Waals surface area contributed by atoms with E-state index in [2.05, 4.69) is 10.2 Å². The second kappa shape index (κ2) is 7.52. The summed E-state index contributed by atoms with van der Waals surface area (Å²) in [7, 11) is 0. The van der Waals surface area contributed by atoms with Crippen molar-refractivity contribution in [2.45, 2.75) is 32.1 Å². The number of aliphatic carboxylic acids is 1. The smallest absolute Gasteiger partial charge is 0.342 e. The fourth-order valence-electron chi connectivity index (χ4n) is 1.68. The molecule has 2 rings (SSSR count). The van der Waals surface area contributed by atoms with Gasteiger partial charge in [0.25, 0.3) is 5.22 Å². The van der Waals surface area contributed by atoms with Gasteiger partial charge < -0.3 is 14.3 Å². The maximum absolute atomic E-state index is 11.5. The summed E-state index contributed by atoms with van der Waals surface area (Å²) in [5.41, 5.74) is 0.562. The van der Waals surface area contributed by atoms with E-state index in [9.17, 15) is 9.90 Å². The first-order valence-electron chi connectivity index (χ1n) is 6.74. The van der Waals surface area contributed by atoms with Crippen molar-refractivity contribution in [2.75, 3.05) is 0 Å². The highest BCUT2D eigenvalue weighted by molar-refractivity contribution is 8.03. The Morgan fingerprint density at radius 2 is 2.17 bits per heavy atom. The second-order valence-corrected chi connectivity index (χ2v) is 6.28. The molecular formula is C15H15ClN2O4S. The number of halogens is 1. The molecular weight excluding hydrogens is 340 g/mol. The third-order valence-corrected chi connectivity index (χ3v) is 3.62. The number of hydrogen-bond acceptors (Lipinski definition) is 6. The molecule has 23 heavy (non-hydrogen) atoms. The zero-order valence-corrected chi connectivity index (χ0v) is 14.3. The zero-order valence-electron chi connectivity index (χ0n) is 12.7. The number of carboxylic acid groups (broad SMARTS) is 1. The minimum absolute atomic E-state index is 0.0181. The molecule has 1 aromatic carbocycles. The van der Waals surface area contributed by atoms with Crippen molar-refractivity contribution in [2.24, 2.45) is 0 Å². The summed E-state index contributed by atoms with van der Waals surface area (Å²) in [6.45, 7) is 5.40. The Balaban J connectivity index is 2.38. The van der Waals surface area contributed by atoms with Crippen LogP contribution < -0.4 is 4.74 Å². The molecule has 1 heterocycles. The summed E-state index contributed by atoms with van der Waals surface area (Å²) in [5, 5.41) is 17.5. The quantitative estimate of drug-likeness (QED) is 0.618. The minimum Gasteiger partial charge on any atom is -0.490 e. The SMILES string of the molecule is Cc1nnc(S/C(=C/c2cc(Cl)ccc2OC(C)C)C(=O)O)o1. The molecule has 0 unspecified atom stereocenters. The zero-order chi connectivity index (χ0) is 17.0. The Morgan fingerprint density at radius 1 is 1.43 bits per heavy atom. The number of hydrogen-bond donors (Lipinski definition) is 1. The van der Waals surface area contributed by atoms with Crippen molar-refractivity contribution in [3.05, 3.63) is 39.6 Å². The van der Waals surface area contributed by atoms with Gasteiger partial charge in [-0.05, 0) is 49.9 Å². The summed E-state index contributed by atoms with van der Waals surface area (Å²) in [6, 6.07) is 5.03. The number of carboxylic acids is 1. The summed E-state index contributed by atoms with van der Waals surface area (Å²) in [5.74, 6) is -0.199. The van der Waals surface area contributed by atoms with Gasteiger partial charge in [0, 0.05) is 17.5 Å². The molecule has 1 N–H and O–H groups in total. The van der Waals surface area contributed by atoms with Crippen molar-refractivity contribution in [1.82, 2.24) is 10.2 Å². The Kier molecular flexibility index (Phi) is 5.68. The number of benzene rings is 1. The lowest BCUT2D eigenvalue weighted by molar-refractivity contribution is -0.131. The van der Waals surface area contributed by atoms with E-state index < -0.39 is 5.97 Å². The van der Waals surface area contributed by atoms with Gasteiger partial charge in [0.15, 0.2) is 0 Å². The molecule has 1 aromatic heterocycles. The van der Waals surface area contributed by atoms with Crippen molar-refractivity contribution < 1.29 is 19.1 Å². The molecule has 0 saturated carbocycles. The van der Waals surface area contributed by atoms with Crippen LogP contribution in [-0.4, -0.2) is 27.4 Å². The highest BCUT2D eigenvalue weighted by Crippen LogP contribution is 2.31. The molecule has 2 aromatic rings. The van der Waals surface area contributed by atoms with Gasteiger partial charge in [-0.3, -0.25) is 0 Å². The lowest BCUT2D eigenvalue weighted by Crippen LogP contribution is -2.07. The van der Waals surface area contributed by atoms with Gasteiger partial charge in [0.1, 0.15) is 10.7 Å². The van der Waals surface area contributed by atoms with E-state index in [1.807, 2.05) is 13.8 Å². The maximum Gasteiger partial charge on any atom is 0.342 e. The van der Waals surface area contributed by atoms with Crippen LogP contribution >= 0.6 is 23.4 Å². The van der Waals surface area contributed by atoms with Crippen molar-refractivity contribution in [1.29, 1.82) is 0 Å². The van der Waals surface area contributed by atoms with E-state index >= 15 is 0 Å². The first-order valence-corrected chi connectivity index (χ1v) is 7.93. The number of aromatic nitrogens is 2. The predicted molar refractivity (Wildman–Crippen MR) is 87.7 cm³/mol. The lowest BCUT2D eigenvalue weighted by atomic mass is 10.2. The van der Waals surface area contributed by atoms with Crippen LogP contribution in [0.4, 0.5) is 0 Å². The van der Waals surface area contributed by atoms with Gasteiger partial charge >= 0.3 is 5.97 Å². The highest BCUT2D eigenvalue weighted by Gasteiger charge is 2.16. The van der Waals surface area contributed by atoms with Crippen LogP contribution in [0.25, 0.3) is 6.08 Å². The number of nitrogens with zero attached hydrogens (tertiary/aromatic N) is 2. The van der Waals surface area contributed by atoms with E-state index in [0.717, 1.165) is 11.8 Å². The van der Waals surface area contributed by atoms with Gasteiger partial charge in [-0.2, -0.15) is 0 Å². The fraction of sp³-hybridized carbons (Fsp3) is 0.267. The van der Waals surface area contributed by atoms with E-state index in [0.29, 0.717) is 22.2 Å². The topological polar surface area (TPSA) is 85.5 Å². The third kappa shape index (κ3) is 5.01. The Hall–Kier alpha value is -1.99. The van der Waals surface area contributed by atoms with Gasteiger partial charge in [0.05, 0.1) is 6.10 Å². The highest BCUT2D eigenvalue weighted by atomic mass is 35.5. The molecule has 8 heteroatoms.